The van der Waals surface area contributed by atoms with Crippen molar-refractivity contribution in [2.24, 2.45) is 5.73 Å². The van der Waals surface area contributed by atoms with E-state index in [0.29, 0.717) is 68.5 Å². The first-order chi connectivity index (χ1) is 21.7. The second kappa shape index (κ2) is 13.3. The molecule has 1 amide bonds. The van der Waals surface area contributed by atoms with E-state index in [-0.39, 0.29) is 34.4 Å². The van der Waals surface area contributed by atoms with Gasteiger partial charge in [-0.05, 0) is 43.2 Å². The van der Waals surface area contributed by atoms with E-state index < -0.39 is 11.9 Å². The molecule has 4 N–H and O–H groups in total. The number of amides is 1. The topological polar surface area (TPSA) is 190 Å². The summed E-state index contributed by atoms with van der Waals surface area (Å²) in [6, 6.07) is 11.5. The fraction of sp³-hybridized carbons (Fsp3) is 0.267. The Kier molecular flexibility index (Phi) is 9.26. The molecule has 0 spiro atoms. The van der Waals surface area contributed by atoms with Crippen molar-refractivity contribution in [2.75, 3.05) is 37.3 Å². The van der Waals surface area contributed by atoms with Crippen LogP contribution in [0.2, 0.25) is 0 Å². The number of thioether (sulfide) groups is 1. The highest BCUT2D eigenvalue weighted by Crippen LogP contribution is 2.52. The number of rotatable bonds is 10. The Hall–Kier alpha value is -5.07. The number of nitrogens with two attached hydrogens (primary N) is 1. The van der Waals surface area contributed by atoms with E-state index in [2.05, 4.69) is 21.6 Å². The summed E-state index contributed by atoms with van der Waals surface area (Å²) in [4.78, 5) is 38.8. The minimum atomic E-state index is -1.06. The molecule has 0 saturated heterocycles. The van der Waals surface area contributed by atoms with Crippen molar-refractivity contribution >= 4 is 51.6 Å². The molecule has 0 radical (unpaired) electrons. The van der Waals surface area contributed by atoms with Gasteiger partial charge in [-0.15, -0.1) is 10.2 Å². The number of ether oxygens (including phenoxy) is 3. The van der Waals surface area contributed by atoms with Gasteiger partial charge in [0.15, 0.2) is 21.6 Å². The van der Waals surface area contributed by atoms with Gasteiger partial charge in [-0.3, -0.25) is 14.5 Å². The molecule has 1 aliphatic carbocycles. The van der Waals surface area contributed by atoms with E-state index in [1.165, 1.54) is 56.9 Å². The van der Waals surface area contributed by atoms with Crippen LogP contribution in [0.3, 0.4) is 0 Å². The maximum absolute atomic E-state index is 13.6. The number of aromatic carboxylic acids is 1. The summed E-state index contributed by atoms with van der Waals surface area (Å²) in [7, 11) is 4.45. The molecule has 0 bridgehead atoms. The van der Waals surface area contributed by atoms with Crippen molar-refractivity contribution in [3.63, 3.8) is 0 Å². The number of ketones is 1. The predicted molar refractivity (Wildman–Crippen MR) is 167 cm³/mol. The van der Waals surface area contributed by atoms with Crippen molar-refractivity contribution in [1.82, 2.24) is 10.2 Å². The van der Waals surface area contributed by atoms with Crippen molar-refractivity contribution in [3.8, 4) is 23.3 Å². The van der Waals surface area contributed by atoms with Crippen LogP contribution < -0.4 is 30.2 Å². The second-order valence-electron chi connectivity index (χ2n) is 9.81. The summed E-state index contributed by atoms with van der Waals surface area (Å²) in [5.41, 5.74) is 8.99. The van der Waals surface area contributed by atoms with Crippen LogP contribution in [0.25, 0.3) is 0 Å². The quantitative estimate of drug-likeness (QED) is 0.264. The molecule has 1 unspecified atom stereocenters. The Labute approximate surface area is 266 Å². The third-order valence-corrected chi connectivity index (χ3v) is 9.33. The number of anilines is 2. The Morgan fingerprint density at radius 2 is 1.84 bits per heavy atom. The van der Waals surface area contributed by atoms with Crippen LogP contribution in [0.4, 0.5) is 10.8 Å². The minimum Gasteiger partial charge on any atom is -0.493 e. The first kappa shape index (κ1) is 31.4. The summed E-state index contributed by atoms with van der Waals surface area (Å²) >= 11 is 2.33. The SMILES string of the molecule is COc1ccc(C2C(C#N)=C(N)N(c3nnc(SCC(=O)Nc4ccc(C(=O)O)cc4)s3)C3=C2C(=O)CCC3)c(OC)c1OC. The standard InChI is InChI=1S/C30H28N6O7S2/c1-41-21-12-11-17(25(42-2)26(21)43-3)23-18(13-31)27(32)36(19-5-4-6-20(37)24(19)23)29-34-35-30(45-29)44-14-22(38)33-16-9-7-15(8-10-16)28(39)40/h7-12,23H,4-6,14,32H2,1-3H3,(H,33,38)(H,39,40). The zero-order valence-electron chi connectivity index (χ0n) is 24.4. The number of nitriles is 1. The van der Waals surface area contributed by atoms with Crippen molar-refractivity contribution in [1.29, 1.82) is 5.26 Å². The number of carboxylic acid groups (broad SMARTS) is 1. The molecule has 1 aliphatic heterocycles. The molecule has 0 saturated carbocycles. The number of hydrogen-bond acceptors (Lipinski definition) is 13. The third kappa shape index (κ3) is 6.02. The molecule has 2 aliphatic rings. The number of allylic oxidation sites excluding steroid dienone is 3. The van der Waals surface area contributed by atoms with E-state index in [1.54, 1.807) is 17.0 Å². The number of hydrogen-bond donors (Lipinski definition) is 3. The molecule has 5 rings (SSSR count). The van der Waals surface area contributed by atoms with Gasteiger partial charge in [0, 0.05) is 28.9 Å². The van der Waals surface area contributed by atoms with Crippen LogP contribution in [0.1, 0.15) is 41.1 Å². The molecule has 13 nitrogen and oxygen atoms in total. The van der Waals surface area contributed by atoms with E-state index in [1.807, 2.05) is 0 Å². The molecule has 1 aromatic heterocycles. The monoisotopic (exact) mass is 648 g/mol. The molecule has 1 atom stereocenters. The summed E-state index contributed by atoms with van der Waals surface area (Å²) in [6.45, 7) is 0. The smallest absolute Gasteiger partial charge is 0.335 e. The van der Waals surface area contributed by atoms with Gasteiger partial charge >= 0.3 is 5.97 Å². The number of methoxy groups -OCH3 is 3. The second-order valence-corrected chi connectivity index (χ2v) is 12.0. The molecule has 0 fully saturated rings. The summed E-state index contributed by atoms with van der Waals surface area (Å²) in [6.07, 6.45) is 1.41. The van der Waals surface area contributed by atoms with Crippen molar-refractivity contribution in [3.05, 3.63) is 70.2 Å². The zero-order chi connectivity index (χ0) is 32.2. The van der Waals surface area contributed by atoms with Gasteiger partial charge in [0.1, 0.15) is 5.82 Å². The molecular formula is C30H28N6O7S2. The van der Waals surface area contributed by atoms with Gasteiger partial charge in [0.25, 0.3) is 0 Å². The molecule has 3 aromatic rings. The number of nitrogens with zero attached hydrogens (tertiary/aromatic N) is 4. The fourth-order valence-electron chi connectivity index (χ4n) is 5.34. The number of nitrogens with one attached hydrogen (secondary N) is 1. The van der Waals surface area contributed by atoms with E-state index >= 15 is 0 Å². The fourth-order valence-corrected chi connectivity index (χ4v) is 7.02. The van der Waals surface area contributed by atoms with Crippen LogP contribution >= 0.6 is 23.1 Å². The van der Waals surface area contributed by atoms with Gasteiger partial charge < -0.3 is 30.4 Å². The summed E-state index contributed by atoms with van der Waals surface area (Å²) < 4.78 is 17.2. The lowest BCUT2D eigenvalue weighted by Gasteiger charge is -2.38. The van der Waals surface area contributed by atoms with Crippen LogP contribution in [0, 0.1) is 11.3 Å². The zero-order valence-corrected chi connectivity index (χ0v) is 26.1. The number of carbonyl (C=O) groups is 3. The van der Waals surface area contributed by atoms with Gasteiger partial charge in [-0.2, -0.15) is 5.26 Å². The molecule has 45 heavy (non-hydrogen) atoms. The van der Waals surface area contributed by atoms with Crippen LogP contribution in [0.15, 0.2) is 63.4 Å². The van der Waals surface area contributed by atoms with Crippen molar-refractivity contribution in [2.45, 2.75) is 29.5 Å². The van der Waals surface area contributed by atoms with Crippen LogP contribution in [-0.2, 0) is 9.59 Å². The Bertz CT molecular complexity index is 1780. The minimum absolute atomic E-state index is 0.0116. The maximum atomic E-state index is 13.6. The number of carboxylic acids is 1. The summed E-state index contributed by atoms with van der Waals surface area (Å²) in [5.74, 6) is -1.09. The normalized spacial score (nSPS) is 16.2. The highest BCUT2D eigenvalue weighted by molar-refractivity contribution is 8.01. The third-order valence-electron chi connectivity index (χ3n) is 7.29. The highest BCUT2D eigenvalue weighted by atomic mass is 32.2. The number of carbonyl (C=O) groups excluding carboxylic acids is 2. The Morgan fingerprint density at radius 3 is 2.49 bits per heavy atom. The van der Waals surface area contributed by atoms with Gasteiger partial charge in [-0.1, -0.05) is 29.2 Å². The average molecular weight is 649 g/mol. The molecule has 232 valence electrons. The van der Waals surface area contributed by atoms with Gasteiger partial charge in [-0.25, -0.2) is 4.79 Å². The van der Waals surface area contributed by atoms with Crippen LogP contribution in [0.5, 0.6) is 17.2 Å². The largest absolute Gasteiger partial charge is 0.493 e. The molecular weight excluding hydrogens is 620 g/mol. The maximum Gasteiger partial charge on any atom is 0.335 e. The van der Waals surface area contributed by atoms with Gasteiger partial charge in [0.2, 0.25) is 16.8 Å². The highest BCUT2D eigenvalue weighted by Gasteiger charge is 2.43. The van der Waals surface area contributed by atoms with E-state index in [4.69, 9.17) is 25.1 Å². The van der Waals surface area contributed by atoms with Crippen molar-refractivity contribution < 1.29 is 33.7 Å². The van der Waals surface area contributed by atoms with E-state index in [9.17, 15) is 19.6 Å². The van der Waals surface area contributed by atoms with Crippen LogP contribution in [-0.4, -0.2) is 60.0 Å². The number of aromatic nitrogens is 2. The summed E-state index contributed by atoms with van der Waals surface area (Å²) in [5, 5.41) is 31.0. The lowest BCUT2D eigenvalue weighted by molar-refractivity contribution is -0.116. The Balaban J connectivity index is 1.44. The number of Topliss-reactive ketones (excluding diaryl/α,β-unsaturated/α-hetero) is 1. The first-order valence-corrected chi connectivity index (χ1v) is 15.4. The first-order valence-electron chi connectivity index (χ1n) is 13.6. The average Bonchev–Trinajstić information content (AvgIpc) is 3.51. The molecule has 2 aromatic carbocycles. The van der Waals surface area contributed by atoms with Gasteiger partial charge in [0.05, 0.1) is 50.2 Å². The predicted octanol–water partition coefficient (Wildman–Crippen LogP) is 4.30. The lowest BCUT2D eigenvalue weighted by atomic mass is 9.75. The van der Waals surface area contributed by atoms with E-state index in [0.717, 1.165) is 11.8 Å². The Morgan fingerprint density at radius 1 is 1.11 bits per heavy atom. The molecule has 2 heterocycles. The molecule has 15 heteroatoms. The number of benzene rings is 2. The lowest BCUT2D eigenvalue weighted by Crippen LogP contribution is -2.38.